The van der Waals surface area contributed by atoms with Crippen LogP contribution in [0.3, 0.4) is 0 Å². The number of H-pyrrole nitrogens is 1. The highest BCUT2D eigenvalue weighted by atomic mass is 16.4. The number of aromatic amines is 1. The lowest BCUT2D eigenvalue weighted by Gasteiger charge is -2.21. The van der Waals surface area contributed by atoms with E-state index < -0.39 is 23.8 Å². The number of amides is 2. The first kappa shape index (κ1) is 13.0. The quantitative estimate of drug-likeness (QED) is 0.805. The number of benzene rings is 1. The van der Waals surface area contributed by atoms with E-state index in [1.165, 1.54) is 18.3 Å². The average molecular weight is 285 g/mol. The summed E-state index contributed by atoms with van der Waals surface area (Å²) in [7, 11) is 0. The molecule has 0 spiro atoms. The Bertz CT molecular complexity index is 689. The fraction of sp³-hybridized carbons (Fsp3) is 0.143. The average Bonchev–Trinajstić information content (AvgIpc) is 3.06. The molecule has 106 valence electrons. The number of imidazole rings is 1. The predicted molar refractivity (Wildman–Crippen MR) is 70.7 cm³/mol. The van der Waals surface area contributed by atoms with Crippen molar-refractivity contribution in [1.82, 2.24) is 14.9 Å². The SMILES string of the molecule is O=C(O)C(Cc1ncc[nH]1)N1C(=O)c2ccccc2C1=O. The zero-order chi connectivity index (χ0) is 15.0. The number of fused-ring (bicyclic) bond motifs is 1. The molecule has 1 aliphatic rings. The first-order chi connectivity index (χ1) is 10.1. The number of carbonyl (C=O) groups excluding carboxylic acids is 2. The van der Waals surface area contributed by atoms with Crippen LogP contribution in [0.2, 0.25) is 0 Å². The van der Waals surface area contributed by atoms with Gasteiger partial charge in [0.25, 0.3) is 11.8 Å². The fourth-order valence-electron chi connectivity index (χ4n) is 2.37. The molecule has 7 nitrogen and oxygen atoms in total. The molecule has 2 N–H and O–H groups in total. The Labute approximate surface area is 119 Å². The lowest BCUT2D eigenvalue weighted by molar-refractivity contribution is -0.141. The van der Waals surface area contributed by atoms with E-state index in [9.17, 15) is 19.5 Å². The summed E-state index contributed by atoms with van der Waals surface area (Å²) in [6.45, 7) is 0. The molecule has 0 bridgehead atoms. The summed E-state index contributed by atoms with van der Waals surface area (Å²) in [6.07, 6.45) is 2.97. The molecule has 2 amide bonds. The molecule has 1 unspecified atom stereocenters. The van der Waals surface area contributed by atoms with Gasteiger partial charge in [-0.1, -0.05) is 12.1 Å². The van der Waals surface area contributed by atoms with Gasteiger partial charge in [0.2, 0.25) is 0 Å². The number of nitrogens with zero attached hydrogens (tertiary/aromatic N) is 2. The second kappa shape index (κ2) is 4.86. The minimum Gasteiger partial charge on any atom is -0.480 e. The first-order valence-corrected chi connectivity index (χ1v) is 6.27. The zero-order valence-corrected chi connectivity index (χ0v) is 10.8. The summed E-state index contributed by atoms with van der Waals surface area (Å²) in [4.78, 5) is 43.6. The molecular weight excluding hydrogens is 274 g/mol. The number of imide groups is 1. The maximum Gasteiger partial charge on any atom is 0.327 e. The number of rotatable bonds is 4. The molecule has 2 heterocycles. The largest absolute Gasteiger partial charge is 0.480 e. The van der Waals surface area contributed by atoms with Crippen LogP contribution in [0.1, 0.15) is 26.5 Å². The van der Waals surface area contributed by atoms with E-state index in [4.69, 9.17) is 0 Å². The van der Waals surface area contributed by atoms with Crippen LogP contribution in [0.4, 0.5) is 0 Å². The van der Waals surface area contributed by atoms with Crippen molar-refractivity contribution in [3.8, 4) is 0 Å². The third-order valence-corrected chi connectivity index (χ3v) is 3.36. The van der Waals surface area contributed by atoms with Crippen molar-refractivity contribution >= 4 is 17.8 Å². The van der Waals surface area contributed by atoms with Gasteiger partial charge >= 0.3 is 5.97 Å². The van der Waals surface area contributed by atoms with Crippen molar-refractivity contribution in [1.29, 1.82) is 0 Å². The van der Waals surface area contributed by atoms with Crippen LogP contribution in [0, 0.1) is 0 Å². The van der Waals surface area contributed by atoms with Gasteiger partial charge in [-0.3, -0.25) is 14.5 Å². The number of nitrogens with one attached hydrogen (secondary N) is 1. The topological polar surface area (TPSA) is 103 Å². The van der Waals surface area contributed by atoms with Crippen molar-refractivity contribution in [2.75, 3.05) is 0 Å². The standard InChI is InChI=1S/C14H11N3O4/c18-12-8-3-1-2-4-9(8)13(19)17(12)10(14(20)21)7-11-15-5-6-16-11/h1-6,10H,7H2,(H,15,16)(H,20,21). The number of carboxylic acids is 1. The van der Waals surface area contributed by atoms with Gasteiger partial charge in [-0.2, -0.15) is 0 Å². The van der Waals surface area contributed by atoms with Gasteiger partial charge in [-0.15, -0.1) is 0 Å². The molecule has 0 radical (unpaired) electrons. The predicted octanol–water partition coefficient (Wildman–Crippen LogP) is 0.702. The summed E-state index contributed by atoms with van der Waals surface area (Å²) in [5.41, 5.74) is 0.460. The lowest BCUT2D eigenvalue weighted by Crippen LogP contribution is -2.46. The van der Waals surface area contributed by atoms with Gasteiger partial charge in [0.1, 0.15) is 11.9 Å². The van der Waals surface area contributed by atoms with Crippen LogP contribution in [0.5, 0.6) is 0 Å². The van der Waals surface area contributed by atoms with Gasteiger partial charge in [0.05, 0.1) is 11.1 Å². The van der Waals surface area contributed by atoms with Crippen LogP contribution in [0.25, 0.3) is 0 Å². The molecule has 0 aliphatic carbocycles. The highest BCUT2D eigenvalue weighted by molar-refractivity contribution is 6.22. The number of aliphatic carboxylic acids is 1. The monoisotopic (exact) mass is 285 g/mol. The Kier molecular flexibility index (Phi) is 3.02. The molecule has 1 aromatic heterocycles. The molecule has 0 saturated carbocycles. The van der Waals surface area contributed by atoms with E-state index in [2.05, 4.69) is 9.97 Å². The van der Waals surface area contributed by atoms with E-state index in [0.29, 0.717) is 5.82 Å². The highest BCUT2D eigenvalue weighted by Crippen LogP contribution is 2.25. The first-order valence-electron chi connectivity index (χ1n) is 6.27. The van der Waals surface area contributed by atoms with Gasteiger partial charge < -0.3 is 10.1 Å². The van der Waals surface area contributed by atoms with Crippen molar-refractivity contribution < 1.29 is 19.5 Å². The number of aromatic nitrogens is 2. The molecule has 1 atom stereocenters. The van der Waals surface area contributed by atoms with E-state index in [-0.39, 0.29) is 17.5 Å². The maximum absolute atomic E-state index is 12.3. The second-order valence-corrected chi connectivity index (χ2v) is 4.62. The molecule has 2 aromatic rings. The summed E-state index contributed by atoms with van der Waals surface area (Å²) in [6, 6.07) is 5.01. The molecule has 0 saturated heterocycles. The number of carboxylic acid groups (broad SMARTS) is 1. The van der Waals surface area contributed by atoms with E-state index >= 15 is 0 Å². The van der Waals surface area contributed by atoms with Gasteiger partial charge in [0.15, 0.2) is 0 Å². The second-order valence-electron chi connectivity index (χ2n) is 4.62. The van der Waals surface area contributed by atoms with Crippen molar-refractivity contribution in [2.24, 2.45) is 0 Å². The number of carbonyl (C=O) groups is 3. The lowest BCUT2D eigenvalue weighted by atomic mass is 10.1. The third kappa shape index (κ3) is 2.08. The van der Waals surface area contributed by atoms with Crippen molar-refractivity contribution in [3.63, 3.8) is 0 Å². The smallest absolute Gasteiger partial charge is 0.327 e. The summed E-state index contributed by atoms with van der Waals surface area (Å²) in [5.74, 6) is -2.02. The molecular formula is C14H11N3O4. The van der Waals surface area contributed by atoms with Gasteiger partial charge in [-0.05, 0) is 12.1 Å². The van der Waals surface area contributed by atoms with Crippen LogP contribution >= 0.6 is 0 Å². The maximum atomic E-state index is 12.3. The Hall–Kier alpha value is -2.96. The Morgan fingerprint density at radius 3 is 2.33 bits per heavy atom. The third-order valence-electron chi connectivity index (χ3n) is 3.36. The van der Waals surface area contributed by atoms with Crippen LogP contribution in [-0.4, -0.2) is 43.8 Å². The Balaban J connectivity index is 1.96. The van der Waals surface area contributed by atoms with Crippen LogP contribution in [-0.2, 0) is 11.2 Å². The Morgan fingerprint density at radius 2 is 1.86 bits per heavy atom. The van der Waals surface area contributed by atoms with E-state index in [1.54, 1.807) is 18.3 Å². The minimum absolute atomic E-state index is 0.0617. The number of hydrogen-bond acceptors (Lipinski definition) is 4. The van der Waals surface area contributed by atoms with Crippen molar-refractivity contribution in [3.05, 3.63) is 53.6 Å². The van der Waals surface area contributed by atoms with Crippen LogP contribution in [0.15, 0.2) is 36.7 Å². The summed E-state index contributed by atoms with van der Waals surface area (Å²) < 4.78 is 0. The van der Waals surface area contributed by atoms with Gasteiger partial charge in [-0.25, -0.2) is 9.78 Å². The molecule has 1 aromatic carbocycles. The molecule has 1 aliphatic heterocycles. The molecule has 0 fully saturated rings. The fourth-order valence-corrected chi connectivity index (χ4v) is 2.37. The number of hydrogen-bond donors (Lipinski definition) is 2. The minimum atomic E-state index is -1.29. The summed E-state index contributed by atoms with van der Waals surface area (Å²) in [5, 5.41) is 9.36. The molecule has 21 heavy (non-hydrogen) atoms. The zero-order valence-electron chi connectivity index (χ0n) is 10.8. The summed E-state index contributed by atoms with van der Waals surface area (Å²) >= 11 is 0. The van der Waals surface area contributed by atoms with E-state index in [1.807, 2.05) is 0 Å². The normalized spacial score (nSPS) is 15.1. The molecule has 3 rings (SSSR count). The van der Waals surface area contributed by atoms with Crippen LogP contribution < -0.4 is 0 Å². The highest BCUT2D eigenvalue weighted by Gasteiger charge is 2.42. The Morgan fingerprint density at radius 1 is 1.24 bits per heavy atom. The molecule has 7 heteroatoms. The van der Waals surface area contributed by atoms with Crippen molar-refractivity contribution in [2.45, 2.75) is 12.5 Å². The van der Waals surface area contributed by atoms with Gasteiger partial charge in [0, 0.05) is 18.8 Å². The van der Waals surface area contributed by atoms with E-state index in [0.717, 1.165) is 4.90 Å².